The summed E-state index contributed by atoms with van der Waals surface area (Å²) in [6.45, 7) is 2.68. The molecule has 0 aliphatic carbocycles. The molecule has 3 nitrogen and oxygen atoms in total. The van der Waals surface area contributed by atoms with E-state index in [1.807, 2.05) is 25.1 Å². The zero-order chi connectivity index (χ0) is 15.2. The minimum atomic E-state index is -0.785. The summed E-state index contributed by atoms with van der Waals surface area (Å²) in [5, 5.41) is 11.4. The van der Waals surface area contributed by atoms with Crippen LogP contribution in [0, 0.1) is 23.0 Å². The van der Waals surface area contributed by atoms with Gasteiger partial charge in [-0.1, -0.05) is 12.1 Å². The summed E-state index contributed by atoms with van der Waals surface area (Å²) in [6, 6.07) is 11.0. The number of anilines is 1. The SMILES string of the molecule is CCOc1cccc(CNc2c(F)cc(C#N)cc2F)c1. The van der Waals surface area contributed by atoms with Gasteiger partial charge in [0.2, 0.25) is 0 Å². The number of nitrogens with zero attached hydrogens (tertiary/aromatic N) is 1. The second-order valence-corrected chi connectivity index (χ2v) is 4.36. The van der Waals surface area contributed by atoms with E-state index in [0.717, 1.165) is 17.7 Å². The van der Waals surface area contributed by atoms with Crippen LogP contribution in [0.25, 0.3) is 0 Å². The Morgan fingerprint density at radius 2 is 1.90 bits per heavy atom. The number of halogens is 2. The first-order chi connectivity index (χ1) is 10.1. The molecule has 0 unspecified atom stereocenters. The van der Waals surface area contributed by atoms with Crippen molar-refractivity contribution < 1.29 is 13.5 Å². The summed E-state index contributed by atoms with van der Waals surface area (Å²) in [5.74, 6) is -0.863. The van der Waals surface area contributed by atoms with Crippen molar-refractivity contribution in [3.8, 4) is 11.8 Å². The zero-order valence-corrected chi connectivity index (χ0v) is 11.5. The molecule has 21 heavy (non-hydrogen) atoms. The molecule has 0 heterocycles. The molecule has 0 aromatic heterocycles. The highest BCUT2D eigenvalue weighted by molar-refractivity contribution is 5.50. The first kappa shape index (κ1) is 14.8. The molecular weight excluding hydrogens is 274 g/mol. The lowest BCUT2D eigenvalue weighted by molar-refractivity contribution is 0.340. The second kappa shape index (κ2) is 6.71. The highest BCUT2D eigenvalue weighted by Gasteiger charge is 2.11. The summed E-state index contributed by atoms with van der Waals surface area (Å²) >= 11 is 0. The standard InChI is InChI=1S/C16H14F2N2O/c1-2-21-13-5-3-4-11(6-13)10-20-16-14(17)7-12(9-19)8-15(16)18/h3-8,20H,2,10H2,1H3. The fraction of sp³-hybridized carbons (Fsp3) is 0.188. The Balaban J connectivity index is 2.13. The van der Waals surface area contributed by atoms with E-state index >= 15 is 0 Å². The van der Waals surface area contributed by atoms with Gasteiger partial charge in [-0.15, -0.1) is 0 Å². The van der Waals surface area contributed by atoms with Crippen LogP contribution in [0.15, 0.2) is 36.4 Å². The maximum absolute atomic E-state index is 13.7. The van der Waals surface area contributed by atoms with E-state index in [-0.39, 0.29) is 17.8 Å². The Hall–Kier alpha value is -2.61. The zero-order valence-electron chi connectivity index (χ0n) is 11.5. The largest absolute Gasteiger partial charge is 0.494 e. The van der Waals surface area contributed by atoms with Crippen molar-refractivity contribution in [1.82, 2.24) is 0 Å². The van der Waals surface area contributed by atoms with Crippen LogP contribution in [0.1, 0.15) is 18.1 Å². The van der Waals surface area contributed by atoms with Gasteiger partial charge < -0.3 is 10.1 Å². The Bertz CT molecular complexity index is 657. The van der Waals surface area contributed by atoms with E-state index in [4.69, 9.17) is 10.00 Å². The van der Waals surface area contributed by atoms with Crippen LogP contribution < -0.4 is 10.1 Å². The Morgan fingerprint density at radius 1 is 1.19 bits per heavy atom. The van der Waals surface area contributed by atoms with E-state index in [1.165, 1.54) is 0 Å². The number of nitrogens with one attached hydrogen (secondary N) is 1. The molecule has 0 aliphatic heterocycles. The highest BCUT2D eigenvalue weighted by atomic mass is 19.1. The van der Waals surface area contributed by atoms with Crippen molar-refractivity contribution >= 4 is 5.69 Å². The van der Waals surface area contributed by atoms with Crippen molar-refractivity contribution in [3.05, 3.63) is 59.2 Å². The van der Waals surface area contributed by atoms with Crippen molar-refractivity contribution in [1.29, 1.82) is 5.26 Å². The molecule has 0 saturated heterocycles. The molecular formula is C16H14F2N2O. The molecule has 0 amide bonds. The van der Waals surface area contributed by atoms with Crippen molar-refractivity contribution in [2.75, 3.05) is 11.9 Å². The molecule has 0 saturated carbocycles. The lowest BCUT2D eigenvalue weighted by Crippen LogP contribution is -2.04. The predicted octanol–water partition coefficient (Wildman–Crippen LogP) is 3.85. The van der Waals surface area contributed by atoms with Gasteiger partial charge in [0.25, 0.3) is 0 Å². The number of benzene rings is 2. The number of rotatable bonds is 5. The summed E-state index contributed by atoms with van der Waals surface area (Å²) in [6.07, 6.45) is 0. The van der Waals surface area contributed by atoms with Crippen LogP contribution in [-0.2, 0) is 6.54 Å². The van der Waals surface area contributed by atoms with Gasteiger partial charge in [-0.3, -0.25) is 0 Å². The first-order valence-electron chi connectivity index (χ1n) is 6.48. The number of ether oxygens (including phenoxy) is 1. The van der Waals surface area contributed by atoms with Gasteiger partial charge >= 0.3 is 0 Å². The molecule has 108 valence electrons. The van der Waals surface area contributed by atoms with Crippen molar-refractivity contribution in [2.45, 2.75) is 13.5 Å². The average Bonchev–Trinajstić information content (AvgIpc) is 2.47. The van der Waals surface area contributed by atoms with Crippen LogP contribution in [0.3, 0.4) is 0 Å². The maximum atomic E-state index is 13.7. The van der Waals surface area contributed by atoms with Gasteiger partial charge in [0, 0.05) is 6.54 Å². The predicted molar refractivity (Wildman–Crippen MR) is 76.0 cm³/mol. The Labute approximate surface area is 121 Å². The van der Waals surface area contributed by atoms with Crippen molar-refractivity contribution in [3.63, 3.8) is 0 Å². The lowest BCUT2D eigenvalue weighted by atomic mass is 10.1. The van der Waals surface area contributed by atoms with Gasteiger partial charge in [0.05, 0.1) is 18.2 Å². The monoisotopic (exact) mass is 288 g/mol. The first-order valence-corrected chi connectivity index (χ1v) is 6.48. The van der Waals surface area contributed by atoms with Crippen LogP contribution in [0.4, 0.5) is 14.5 Å². The molecule has 0 radical (unpaired) electrons. The summed E-state index contributed by atoms with van der Waals surface area (Å²) in [4.78, 5) is 0. The number of hydrogen-bond donors (Lipinski definition) is 1. The van der Waals surface area contributed by atoms with Gasteiger partial charge in [-0.25, -0.2) is 8.78 Å². The van der Waals surface area contributed by atoms with E-state index in [1.54, 1.807) is 12.1 Å². The third-order valence-corrected chi connectivity index (χ3v) is 2.85. The molecule has 0 spiro atoms. The van der Waals surface area contributed by atoms with Crippen LogP contribution in [0.2, 0.25) is 0 Å². The van der Waals surface area contributed by atoms with E-state index in [9.17, 15) is 8.78 Å². The average molecular weight is 288 g/mol. The number of nitriles is 1. The van der Waals surface area contributed by atoms with Gasteiger partial charge in [0.15, 0.2) is 11.6 Å². The van der Waals surface area contributed by atoms with Crippen LogP contribution in [-0.4, -0.2) is 6.61 Å². The molecule has 0 bridgehead atoms. The Kier molecular flexibility index (Phi) is 4.72. The van der Waals surface area contributed by atoms with E-state index in [0.29, 0.717) is 12.4 Å². The maximum Gasteiger partial charge on any atom is 0.150 e. The van der Waals surface area contributed by atoms with Gasteiger partial charge in [0.1, 0.15) is 11.4 Å². The fourth-order valence-corrected chi connectivity index (χ4v) is 1.91. The van der Waals surface area contributed by atoms with E-state index < -0.39 is 11.6 Å². The molecule has 1 N–H and O–H groups in total. The molecule has 2 rings (SSSR count). The molecule has 5 heteroatoms. The molecule has 0 atom stereocenters. The Morgan fingerprint density at radius 3 is 2.52 bits per heavy atom. The number of hydrogen-bond acceptors (Lipinski definition) is 3. The smallest absolute Gasteiger partial charge is 0.150 e. The summed E-state index contributed by atoms with van der Waals surface area (Å²) < 4.78 is 32.8. The topological polar surface area (TPSA) is 45.0 Å². The van der Waals surface area contributed by atoms with Crippen molar-refractivity contribution in [2.24, 2.45) is 0 Å². The molecule has 2 aromatic rings. The second-order valence-electron chi connectivity index (χ2n) is 4.36. The summed E-state index contributed by atoms with van der Waals surface area (Å²) in [7, 11) is 0. The molecule has 2 aromatic carbocycles. The fourth-order valence-electron chi connectivity index (χ4n) is 1.91. The van der Waals surface area contributed by atoms with Gasteiger partial charge in [-0.05, 0) is 36.8 Å². The minimum Gasteiger partial charge on any atom is -0.494 e. The normalized spacial score (nSPS) is 10.0. The third-order valence-electron chi connectivity index (χ3n) is 2.85. The highest BCUT2D eigenvalue weighted by Crippen LogP contribution is 2.22. The van der Waals surface area contributed by atoms with E-state index in [2.05, 4.69) is 5.32 Å². The van der Waals surface area contributed by atoms with Crippen LogP contribution in [0.5, 0.6) is 5.75 Å². The minimum absolute atomic E-state index is 0.0473. The van der Waals surface area contributed by atoms with Crippen LogP contribution >= 0.6 is 0 Å². The molecule has 0 fully saturated rings. The third kappa shape index (κ3) is 3.69. The lowest BCUT2D eigenvalue weighted by Gasteiger charge is -2.10. The quantitative estimate of drug-likeness (QED) is 0.909. The molecule has 0 aliphatic rings. The van der Waals surface area contributed by atoms with Gasteiger partial charge in [-0.2, -0.15) is 5.26 Å². The summed E-state index contributed by atoms with van der Waals surface area (Å²) in [5.41, 5.74) is 0.550.